The average molecular weight is 475 g/mol. The van der Waals surface area contributed by atoms with Gasteiger partial charge in [0, 0.05) is 10.3 Å². The highest BCUT2D eigenvalue weighted by Crippen LogP contribution is 2.39. The normalized spacial score (nSPS) is 27.3. The molecule has 154 valence electrons. The molecule has 1 aliphatic heterocycles. The highest BCUT2D eigenvalue weighted by molar-refractivity contribution is 7.99. The lowest BCUT2D eigenvalue weighted by Crippen LogP contribution is -2.55. The zero-order valence-electron chi connectivity index (χ0n) is 14.7. The van der Waals surface area contributed by atoms with E-state index in [9.17, 15) is 15.3 Å². The van der Waals surface area contributed by atoms with Crippen molar-refractivity contribution in [1.29, 1.82) is 0 Å². The molecule has 0 radical (unpaired) electrons. The second-order valence-electron chi connectivity index (χ2n) is 6.35. The topological polar surface area (TPSA) is 114 Å². The van der Waals surface area contributed by atoms with E-state index in [1.54, 1.807) is 29.9 Å². The second-order valence-corrected chi connectivity index (χ2v) is 9.05. The van der Waals surface area contributed by atoms with Crippen molar-refractivity contribution in [3.8, 4) is 11.4 Å². The first-order valence-electron chi connectivity index (χ1n) is 8.52. The summed E-state index contributed by atoms with van der Waals surface area (Å²) in [5, 5.41) is 42.0. The van der Waals surface area contributed by atoms with E-state index in [-0.39, 0.29) is 0 Å². The fourth-order valence-corrected chi connectivity index (χ4v) is 5.05. The minimum Gasteiger partial charge on any atom is -0.394 e. The molecule has 8 nitrogen and oxygen atoms in total. The summed E-state index contributed by atoms with van der Waals surface area (Å²) in [6.07, 6.45) is -1.63. The molecular formula is C17H16Cl2N4O4S2. The molecule has 29 heavy (non-hydrogen) atoms. The van der Waals surface area contributed by atoms with Crippen molar-refractivity contribution in [2.45, 2.75) is 34.7 Å². The first-order valence-corrected chi connectivity index (χ1v) is 11.1. The number of aromatic nitrogens is 4. The van der Waals surface area contributed by atoms with Crippen LogP contribution in [0.1, 0.15) is 6.04 Å². The van der Waals surface area contributed by atoms with Gasteiger partial charge in [0.2, 0.25) is 0 Å². The molecule has 1 aromatic carbocycles. The molecule has 1 aliphatic rings. The van der Waals surface area contributed by atoms with Crippen LogP contribution >= 0.6 is 46.3 Å². The Morgan fingerprint density at radius 2 is 2.00 bits per heavy atom. The van der Waals surface area contributed by atoms with Crippen LogP contribution in [-0.4, -0.2) is 65.7 Å². The van der Waals surface area contributed by atoms with Crippen molar-refractivity contribution in [3.63, 3.8) is 0 Å². The van der Waals surface area contributed by atoms with E-state index in [4.69, 9.17) is 27.9 Å². The monoisotopic (exact) mass is 474 g/mol. The van der Waals surface area contributed by atoms with Gasteiger partial charge in [0.05, 0.1) is 28.4 Å². The maximum absolute atomic E-state index is 10.9. The predicted octanol–water partition coefficient (Wildman–Crippen LogP) is 2.48. The smallest absolute Gasteiger partial charge is 0.136 e. The largest absolute Gasteiger partial charge is 0.394 e. The van der Waals surface area contributed by atoms with Crippen molar-refractivity contribution >= 4 is 46.3 Å². The second kappa shape index (κ2) is 8.86. The molecule has 3 aromatic rings. The van der Waals surface area contributed by atoms with Gasteiger partial charge in [-0.1, -0.05) is 40.2 Å². The molecular weight excluding hydrogens is 459 g/mol. The summed E-state index contributed by atoms with van der Waals surface area (Å²) in [6, 6.07) is 4.18. The van der Waals surface area contributed by atoms with Crippen LogP contribution in [0, 0.1) is 0 Å². The van der Waals surface area contributed by atoms with Gasteiger partial charge in [0.1, 0.15) is 41.2 Å². The van der Waals surface area contributed by atoms with E-state index < -0.39 is 36.4 Å². The molecule has 1 fully saturated rings. The standard InChI is InChI=1S/C17H16Cl2N4O4S2/c18-9-2-1-8(3-10(9)19)29-17-16(26)14(15(25)13(5-24)27-17)23-4-11(21-22-23)12-6-28-7-20-12/h1-4,6-7,13-17,24-26H,5H2/t13-,14+,15+,16-,17-/m1/s1. The summed E-state index contributed by atoms with van der Waals surface area (Å²) in [4.78, 5) is 4.91. The van der Waals surface area contributed by atoms with Gasteiger partial charge in [-0.2, -0.15) is 0 Å². The van der Waals surface area contributed by atoms with Crippen LogP contribution in [0.3, 0.4) is 0 Å². The van der Waals surface area contributed by atoms with Crippen molar-refractivity contribution in [3.05, 3.63) is 45.3 Å². The van der Waals surface area contributed by atoms with Gasteiger partial charge in [0.15, 0.2) is 0 Å². The first kappa shape index (κ1) is 21.0. The molecule has 0 amide bonds. The molecule has 0 saturated carbocycles. The molecule has 0 aliphatic carbocycles. The average Bonchev–Trinajstić information content (AvgIpc) is 3.39. The van der Waals surface area contributed by atoms with Crippen molar-refractivity contribution in [2.24, 2.45) is 0 Å². The number of benzene rings is 1. The molecule has 5 atom stereocenters. The molecule has 0 bridgehead atoms. The Bertz CT molecular complexity index is 974. The van der Waals surface area contributed by atoms with Crippen molar-refractivity contribution < 1.29 is 20.1 Å². The Balaban J connectivity index is 1.61. The van der Waals surface area contributed by atoms with E-state index in [1.165, 1.54) is 27.8 Å². The summed E-state index contributed by atoms with van der Waals surface area (Å²) < 4.78 is 7.12. The predicted molar refractivity (Wildman–Crippen MR) is 110 cm³/mol. The van der Waals surface area contributed by atoms with Crippen LogP contribution in [-0.2, 0) is 4.74 Å². The third-order valence-electron chi connectivity index (χ3n) is 4.50. The van der Waals surface area contributed by atoms with E-state index in [2.05, 4.69) is 15.3 Å². The fraction of sp³-hybridized carbons (Fsp3) is 0.353. The Kier molecular flexibility index (Phi) is 6.42. The zero-order valence-corrected chi connectivity index (χ0v) is 17.8. The molecule has 2 aromatic heterocycles. The maximum atomic E-state index is 10.9. The van der Waals surface area contributed by atoms with Gasteiger partial charge in [-0.3, -0.25) is 0 Å². The molecule has 1 saturated heterocycles. The highest BCUT2D eigenvalue weighted by Gasteiger charge is 2.46. The lowest BCUT2D eigenvalue weighted by Gasteiger charge is -2.41. The maximum Gasteiger partial charge on any atom is 0.136 e. The van der Waals surface area contributed by atoms with Gasteiger partial charge in [-0.15, -0.1) is 16.4 Å². The van der Waals surface area contributed by atoms with E-state index in [1.807, 2.05) is 5.38 Å². The number of aliphatic hydroxyl groups is 3. The molecule has 4 rings (SSSR count). The number of aliphatic hydroxyl groups excluding tert-OH is 3. The summed E-state index contributed by atoms with van der Waals surface area (Å²) in [5.41, 5.74) is 2.06. The zero-order chi connectivity index (χ0) is 20.5. The Labute approximate surface area is 184 Å². The third kappa shape index (κ3) is 4.30. The third-order valence-corrected chi connectivity index (χ3v) is 6.98. The lowest BCUT2D eigenvalue weighted by atomic mass is 9.97. The minimum atomic E-state index is -1.19. The van der Waals surface area contributed by atoms with E-state index in [0.717, 1.165) is 4.90 Å². The summed E-state index contributed by atoms with van der Waals surface area (Å²) in [5.74, 6) is 0. The molecule has 0 unspecified atom stereocenters. The minimum absolute atomic E-state index is 0.376. The number of hydrogen-bond donors (Lipinski definition) is 3. The summed E-state index contributed by atoms with van der Waals surface area (Å²) in [6.45, 7) is -0.420. The fourth-order valence-electron chi connectivity index (χ4n) is 3.04. The van der Waals surface area contributed by atoms with Gasteiger partial charge in [0.25, 0.3) is 0 Å². The van der Waals surface area contributed by atoms with Gasteiger partial charge in [-0.05, 0) is 18.2 Å². The first-order chi connectivity index (χ1) is 14.0. The van der Waals surface area contributed by atoms with Crippen LogP contribution < -0.4 is 0 Å². The van der Waals surface area contributed by atoms with E-state index in [0.29, 0.717) is 21.4 Å². The lowest BCUT2D eigenvalue weighted by molar-refractivity contribution is -0.178. The van der Waals surface area contributed by atoms with Crippen LogP contribution in [0.4, 0.5) is 0 Å². The number of thiazole rings is 1. The van der Waals surface area contributed by atoms with Crippen molar-refractivity contribution in [1.82, 2.24) is 20.0 Å². The van der Waals surface area contributed by atoms with Gasteiger partial charge >= 0.3 is 0 Å². The molecule has 3 heterocycles. The SMILES string of the molecule is OC[C@H]1O[C@H](Sc2ccc(Cl)c(Cl)c2)[C@H](O)[C@@H](n2cc(-c3cscn3)nn2)[C@H]1O. The van der Waals surface area contributed by atoms with Gasteiger partial charge in [-0.25, -0.2) is 9.67 Å². The Morgan fingerprint density at radius 3 is 2.69 bits per heavy atom. The van der Waals surface area contributed by atoms with Gasteiger partial charge < -0.3 is 20.1 Å². The number of nitrogens with zero attached hydrogens (tertiary/aromatic N) is 4. The number of halogens is 2. The van der Waals surface area contributed by atoms with Crippen LogP contribution in [0.2, 0.25) is 10.0 Å². The Morgan fingerprint density at radius 1 is 1.17 bits per heavy atom. The Hall–Kier alpha value is -1.24. The summed E-state index contributed by atoms with van der Waals surface area (Å²) in [7, 11) is 0. The van der Waals surface area contributed by atoms with Crippen molar-refractivity contribution in [2.75, 3.05) is 6.61 Å². The number of ether oxygens (including phenoxy) is 1. The van der Waals surface area contributed by atoms with Crippen LogP contribution in [0.15, 0.2) is 40.2 Å². The molecule has 3 N–H and O–H groups in total. The van der Waals surface area contributed by atoms with E-state index >= 15 is 0 Å². The molecule has 0 spiro atoms. The van der Waals surface area contributed by atoms with Crippen LogP contribution in [0.5, 0.6) is 0 Å². The number of rotatable bonds is 5. The molecule has 12 heteroatoms. The quantitative estimate of drug-likeness (QED) is 0.516. The van der Waals surface area contributed by atoms with Crippen LogP contribution in [0.25, 0.3) is 11.4 Å². The summed E-state index contributed by atoms with van der Waals surface area (Å²) >= 11 is 14.7. The highest BCUT2D eigenvalue weighted by atomic mass is 35.5. The number of thioether (sulfide) groups is 1. The number of hydrogen-bond acceptors (Lipinski definition) is 9.